The lowest BCUT2D eigenvalue weighted by molar-refractivity contribution is 0.0285. The van der Waals surface area contributed by atoms with Crippen molar-refractivity contribution in [3.8, 4) is 22.8 Å². The molecule has 0 N–H and O–H groups in total. The minimum atomic E-state index is 0.536. The minimum absolute atomic E-state index is 0.536. The first-order valence-corrected chi connectivity index (χ1v) is 11.1. The van der Waals surface area contributed by atoms with E-state index in [0.29, 0.717) is 24.5 Å². The number of ether oxygens (including phenoxy) is 3. The zero-order valence-electron chi connectivity index (χ0n) is 18.5. The quantitative estimate of drug-likeness (QED) is 0.505. The van der Waals surface area contributed by atoms with E-state index in [1.165, 1.54) is 25.7 Å². The third-order valence-electron chi connectivity index (χ3n) is 5.20. The molecular formula is C25H37NO3. The van der Waals surface area contributed by atoms with Crippen molar-refractivity contribution in [2.75, 3.05) is 19.8 Å². The average molecular weight is 400 g/mol. The summed E-state index contributed by atoms with van der Waals surface area (Å²) in [7, 11) is 0. The Kier molecular flexibility index (Phi) is 10.6. The lowest BCUT2D eigenvalue weighted by Gasteiger charge is -2.17. The standard InChI is InChI=1S/C19H25NO2.C6H12O/c1-4-15(3)11-13-22-18-9-7-6-8-17(18)16-10-12-20-19(14-16)21-5-2;1-6-4-2-3-5-7-6/h6-10,12,14-15H,4-5,11,13H2,1-3H3;6H,2-5H2,1H3. The van der Waals surface area contributed by atoms with Gasteiger partial charge < -0.3 is 14.2 Å². The molecule has 0 spiro atoms. The molecule has 1 aromatic heterocycles. The molecule has 160 valence electrons. The number of pyridine rings is 1. The number of aromatic nitrogens is 1. The van der Waals surface area contributed by atoms with E-state index in [4.69, 9.17) is 14.2 Å². The molecule has 2 aromatic rings. The van der Waals surface area contributed by atoms with Gasteiger partial charge in [0.2, 0.25) is 5.88 Å². The van der Waals surface area contributed by atoms with E-state index in [0.717, 1.165) is 36.5 Å². The SMILES string of the molecule is CC1CCCCO1.CCOc1cc(-c2ccccc2OCCC(C)CC)ccn1. The number of rotatable bonds is 8. The van der Waals surface area contributed by atoms with Crippen LogP contribution in [0.3, 0.4) is 0 Å². The van der Waals surface area contributed by atoms with Gasteiger partial charge in [-0.15, -0.1) is 0 Å². The monoisotopic (exact) mass is 399 g/mol. The third kappa shape index (κ3) is 8.45. The van der Waals surface area contributed by atoms with Gasteiger partial charge in [-0.1, -0.05) is 38.5 Å². The van der Waals surface area contributed by atoms with Crippen molar-refractivity contribution in [2.45, 2.75) is 65.9 Å². The van der Waals surface area contributed by atoms with Crippen molar-refractivity contribution in [3.05, 3.63) is 42.6 Å². The second kappa shape index (κ2) is 13.2. The first-order valence-electron chi connectivity index (χ1n) is 11.1. The van der Waals surface area contributed by atoms with E-state index in [-0.39, 0.29) is 0 Å². The molecule has 2 atom stereocenters. The Hall–Kier alpha value is -2.07. The molecule has 29 heavy (non-hydrogen) atoms. The molecule has 0 radical (unpaired) electrons. The van der Waals surface area contributed by atoms with Crippen LogP contribution in [-0.2, 0) is 4.74 Å². The fourth-order valence-corrected chi connectivity index (χ4v) is 3.11. The van der Waals surface area contributed by atoms with E-state index < -0.39 is 0 Å². The lowest BCUT2D eigenvalue weighted by atomic mass is 10.1. The molecule has 1 aromatic carbocycles. The minimum Gasteiger partial charge on any atom is -0.493 e. The summed E-state index contributed by atoms with van der Waals surface area (Å²) in [5.74, 6) is 2.26. The second-order valence-electron chi connectivity index (χ2n) is 7.64. The van der Waals surface area contributed by atoms with E-state index in [1.54, 1.807) is 6.20 Å². The fourth-order valence-electron chi connectivity index (χ4n) is 3.11. The molecule has 0 saturated carbocycles. The van der Waals surface area contributed by atoms with E-state index >= 15 is 0 Å². The summed E-state index contributed by atoms with van der Waals surface area (Å²) in [4.78, 5) is 4.22. The molecule has 1 saturated heterocycles. The van der Waals surface area contributed by atoms with Crippen LogP contribution < -0.4 is 9.47 Å². The number of hydrogen-bond acceptors (Lipinski definition) is 4. The predicted octanol–water partition coefficient (Wildman–Crippen LogP) is 6.54. The third-order valence-corrected chi connectivity index (χ3v) is 5.20. The largest absolute Gasteiger partial charge is 0.493 e. The summed E-state index contributed by atoms with van der Waals surface area (Å²) in [6, 6.07) is 12.1. The summed E-state index contributed by atoms with van der Waals surface area (Å²) in [5, 5.41) is 0. The molecule has 0 amide bonds. The van der Waals surface area contributed by atoms with Crippen molar-refractivity contribution < 1.29 is 14.2 Å². The van der Waals surface area contributed by atoms with Crippen LogP contribution in [0.1, 0.15) is 59.8 Å². The molecule has 4 heteroatoms. The topological polar surface area (TPSA) is 40.6 Å². The van der Waals surface area contributed by atoms with Crippen LogP contribution in [-0.4, -0.2) is 30.9 Å². The Balaban J connectivity index is 0.000000360. The van der Waals surface area contributed by atoms with Crippen LogP contribution in [0.15, 0.2) is 42.6 Å². The van der Waals surface area contributed by atoms with Crippen LogP contribution in [0.25, 0.3) is 11.1 Å². The first-order chi connectivity index (χ1) is 14.1. The Morgan fingerprint density at radius 2 is 1.97 bits per heavy atom. The molecule has 2 heterocycles. The Bertz CT molecular complexity index is 698. The normalized spacial score (nSPS) is 17.0. The van der Waals surface area contributed by atoms with Gasteiger partial charge in [0.1, 0.15) is 5.75 Å². The molecular weight excluding hydrogens is 362 g/mol. The summed E-state index contributed by atoms with van der Waals surface area (Å²) in [6.45, 7) is 10.9. The van der Waals surface area contributed by atoms with Gasteiger partial charge in [-0.05, 0) is 63.1 Å². The van der Waals surface area contributed by atoms with Gasteiger partial charge in [0.15, 0.2) is 0 Å². The molecule has 1 aliphatic heterocycles. The van der Waals surface area contributed by atoms with Gasteiger partial charge >= 0.3 is 0 Å². The summed E-state index contributed by atoms with van der Waals surface area (Å²) in [5.41, 5.74) is 2.15. The van der Waals surface area contributed by atoms with E-state index in [2.05, 4.69) is 31.8 Å². The van der Waals surface area contributed by atoms with E-state index in [1.807, 2.05) is 37.3 Å². The highest BCUT2D eigenvalue weighted by molar-refractivity contribution is 5.70. The van der Waals surface area contributed by atoms with Crippen LogP contribution >= 0.6 is 0 Å². The second-order valence-corrected chi connectivity index (χ2v) is 7.64. The van der Waals surface area contributed by atoms with Crippen molar-refractivity contribution >= 4 is 0 Å². The smallest absolute Gasteiger partial charge is 0.213 e. The molecule has 4 nitrogen and oxygen atoms in total. The fraction of sp³-hybridized carbons (Fsp3) is 0.560. The Morgan fingerprint density at radius 1 is 1.14 bits per heavy atom. The van der Waals surface area contributed by atoms with Crippen LogP contribution in [0.5, 0.6) is 11.6 Å². The lowest BCUT2D eigenvalue weighted by Crippen LogP contribution is -2.14. The highest BCUT2D eigenvalue weighted by Gasteiger charge is 2.08. The van der Waals surface area contributed by atoms with Gasteiger partial charge in [0.05, 0.1) is 19.3 Å². The molecule has 3 rings (SSSR count). The maximum atomic E-state index is 6.00. The molecule has 1 fully saturated rings. The van der Waals surface area contributed by atoms with Crippen LogP contribution in [0, 0.1) is 5.92 Å². The maximum Gasteiger partial charge on any atom is 0.213 e. The van der Waals surface area contributed by atoms with E-state index in [9.17, 15) is 0 Å². The summed E-state index contributed by atoms with van der Waals surface area (Å²) >= 11 is 0. The number of para-hydroxylation sites is 1. The van der Waals surface area contributed by atoms with Crippen molar-refractivity contribution in [3.63, 3.8) is 0 Å². The maximum absolute atomic E-state index is 6.00. The summed E-state index contributed by atoms with van der Waals surface area (Å²) < 4.78 is 16.8. The highest BCUT2D eigenvalue weighted by atomic mass is 16.5. The van der Waals surface area contributed by atoms with Crippen molar-refractivity contribution in [1.82, 2.24) is 4.98 Å². The van der Waals surface area contributed by atoms with Crippen LogP contribution in [0.4, 0.5) is 0 Å². The predicted molar refractivity (Wildman–Crippen MR) is 120 cm³/mol. The van der Waals surface area contributed by atoms with Gasteiger partial charge in [0.25, 0.3) is 0 Å². The average Bonchev–Trinajstić information content (AvgIpc) is 2.75. The molecule has 0 aliphatic carbocycles. The van der Waals surface area contributed by atoms with Crippen molar-refractivity contribution in [2.24, 2.45) is 5.92 Å². The number of benzene rings is 1. The van der Waals surface area contributed by atoms with Gasteiger partial charge in [-0.2, -0.15) is 0 Å². The Labute approximate surface area is 176 Å². The zero-order valence-corrected chi connectivity index (χ0v) is 18.5. The Morgan fingerprint density at radius 3 is 2.62 bits per heavy atom. The zero-order chi connectivity index (χ0) is 20.9. The van der Waals surface area contributed by atoms with Gasteiger partial charge in [-0.3, -0.25) is 0 Å². The summed E-state index contributed by atoms with van der Waals surface area (Å²) in [6.07, 6.45) is 8.47. The number of hydrogen-bond donors (Lipinski definition) is 0. The molecule has 0 bridgehead atoms. The van der Waals surface area contributed by atoms with Crippen LogP contribution in [0.2, 0.25) is 0 Å². The number of nitrogens with zero attached hydrogens (tertiary/aromatic N) is 1. The van der Waals surface area contributed by atoms with Crippen molar-refractivity contribution in [1.29, 1.82) is 0 Å². The molecule has 2 unspecified atom stereocenters. The highest BCUT2D eigenvalue weighted by Crippen LogP contribution is 2.31. The first kappa shape index (κ1) is 23.2. The van der Waals surface area contributed by atoms with Gasteiger partial charge in [-0.25, -0.2) is 4.98 Å². The van der Waals surface area contributed by atoms with Gasteiger partial charge in [0, 0.05) is 24.4 Å². The molecule has 1 aliphatic rings.